The van der Waals surface area contributed by atoms with Gasteiger partial charge in [0.05, 0.1) is 7.11 Å². The van der Waals surface area contributed by atoms with Crippen LogP contribution in [-0.2, 0) is 14.3 Å². The highest BCUT2D eigenvalue weighted by molar-refractivity contribution is 5.84. The van der Waals surface area contributed by atoms with E-state index < -0.39 is 5.60 Å². The minimum Gasteiger partial charge on any atom is -0.467 e. The van der Waals surface area contributed by atoms with Crippen molar-refractivity contribution in [3.8, 4) is 0 Å². The number of carbonyl (C=O) groups excluding carboxylic acids is 1. The van der Waals surface area contributed by atoms with Crippen LogP contribution in [0.25, 0.3) is 0 Å². The molecule has 0 aromatic heterocycles. The predicted octanol–water partition coefficient (Wildman–Crippen LogP) is 2.29. The summed E-state index contributed by atoms with van der Waals surface area (Å²) in [6.07, 6.45) is 4.42. The van der Waals surface area contributed by atoms with E-state index in [9.17, 15) is 4.79 Å². The second kappa shape index (κ2) is 3.89. The van der Waals surface area contributed by atoms with Gasteiger partial charge in [-0.2, -0.15) is 0 Å². The van der Waals surface area contributed by atoms with Gasteiger partial charge in [0.1, 0.15) is 5.60 Å². The zero-order chi connectivity index (χ0) is 10.8. The number of ether oxygens (including phenoxy) is 2. The molecule has 0 spiro atoms. The van der Waals surface area contributed by atoms with Gasteiger partial charge in [-0.15, -0.1) is 0 Å². The van der Waals surface area contributed by atoms with E-state index in [4.69, 9.17) is 9.47 Å². The monoisotopic (exact) mass is 200 g/mol. The van der Waals surface area contributed by atoms with Crippen LogP contribution in [0.15, 0.2) is 0 Å². The second-order valence-corrected chi connectivity index (χ2v) is 4.31. The van der Waals surface area contributed by atoms with Gasteiger partial charge in [0, 0.05) is 0 Å². The lowest BCUT2D eigenvalue weighted by atomic mass is 9.91. The molecule has 1 fully saturated rings. The summed E-state index contributed by atoms with van der Waals surface area (Å²) in [5.41, 5.74) is -0.995. The molecule has 0 radical (unpaired) electrons. The van der Waals surface area contributed by atoms with E-state index in [2.05, 4.69) is 6.92 Å². The number of hydrogen-bond acceptors (Lipinski definition) is 3. The van der Waals surface area contributed by atoms with E-state index in [1.54, 1.807) is 0 Å². The van der Waals surface area contributed by atoms with Crippen molar-refractivity contribution >= 4 is 5.97 Å². The fourth-order valence-corrected chi connectivity index (χ4v) is 1.88. The van der Waals surface area contributed by atoms with Crippen molar-refractivity contribution in [2.45, 2.75) is 57.7 Å². The molecule has 1 rings (SSSR count). The van der Waals surface area contributed by atoms with Crippen molar-refractivity contribution in [2.24, 2.45) is 0 Å². The molecule has 0 bridgehead atoms. The molecule has 0 N–H and O–H groups in total. The van der Waals surface area contributed by atoms with Crippen LogP contribution < -0.4 is 0 Å². The van der Waals surface area contributed by atoms with Gasteiger partial charge in [0.15, 0.2) is 5.60 Å². The molecule has 0 aliphatic carbocycles. The zero-order valence-corrected chi connectivity index (χ0v) is 9.55. The molecule has 1 aliphatic rings. The maximum atomic E-state index is 11.4. The Bertz CT molecular complexity index is 227. The van der Waals surface area contributed by atoms with Crippen molar-refractivity contribution in [2.75, 3.05) is 7.11 Å². The highest BCUT2D eigenvalue weighted by Gasteiger charge is 2.68. The van der Waals surface area contributed by atoms with Gasteiger partial charge < -0.3 is 9.47 Å². The molecule has 1 heterocycles. The minimum atomic E-state index is -0.699. The van der Waals surface area contributed by atoms with Crippen molar-refractivity contribution < 1.29 is 14.3 Å². The standard InChI is InChI=1S/C11H20O3/c1-5-6-7-8-10(2)11(3,14-10)9(12)13-4/h5-8H2,1-4H3. The van der Waals surface area contributed by atoms with E-state index in [1.165, 1.54) is 20.0 Å². The summed E-state index contributed by atoms with van der Waals surface area (Å²) in [6.45, 7) is 5.96. The molecule has 1 saturated heterocycles. The van der Waals surface area contributed by atoms with Crippen LogP contribution >= 0.6 is 0 Å². The molecule has 0 aromatic rings. The zero-order valence-electron chi connectivity index (χ0n) is 9.55. The Morgan fingerprint density at radius 3 is 2.50 bits per heavy atom. The van der Waals surface area contributed by atoms with Crippen LogP contribution in [0.4, 0.5) is 0 Å². The summed E-state index contributed by atoms with van der Waals surface area (Å²) in [5.74, 6) is -0.253. The molecule has 0 saturated carbocycles. The highest BCUT2D eigenvalue weighted by Crippen LogP contribution is 2.51. The van der Waals surface area contributed by atoms with Crippen LogP contribution in [0.5, 0.6) is 0 Å². The number of carbonyl (C=O) groups is 1. The predicted molar refractivity (Wildman–Crippen MR) is 54.1 cm³/mol. The Morgan fingerprint density at radius 2 is 2.00 bits per heavy atom. The van der Waals surface area contributed by atoms with Gasteiger partial charge in [0.2, 0.25) is 0 Å². The molecule has 2 atom stereocenters. The first-order chi connectivity index (χ1) is 6.50. The fourth-order valence-electron chi connectivity index (χ4n) is 1.88. The summed E-state index contributed by atoms with van der Waals surface area (Å²) >= 11 is 0. The molecule has 0 aromatic carbocycles. The van der Waals surface area contributed by atoms with E-state index in [1.807, 2.05) is 13.8 Å². The summed E-state index contributed by atoms with van der Waals surface area (Å²) in [7, 11) is 1.40. The third-order valence-electron chi connectivity index (χ3n) is 3.23. The topological polar surface area (TPSA) is 38.8 Å². The quantitative estimate of drug-likeness (QED) is 0.388. The molecular formula is C11H20O3. The number of esters is 1. The lowest BCUT2D eigenvalue weighted by molar-refractivity contribution is -0.146. The molecule has 2 unspecified atom stereocenters. The molecule has 14 heavy (non-hydrogen) atoms. The van der Waals surface area contributed by atoms with Crippen LogP contribution in [0.2, 0.25) is 0 Å². The fraction of sp³-hybridized carbons (Fsp3) is 0.909. The van der Waals surface area contributed by atoms with Gasteiger partial charge >= 0.3 is 5.97 Å². The van der Waals surface area contributed by atoms with E-state index in [0.717, 1.165) is 12.8 Å². The van der Waals surface area contributed by atoms with Gasteiger partial charge in [0.25, 0.3) is 0 Å². The molecule has 1 aliphatic heterocycles. The maximum absolute atomic E-state index is 11.4. The average Bonchev–Trinajstić information content (AvgIpc) is 2.70. The van der Waals surface area contributed by atoms with E-state index in [0.29, 0.717) is 0 Å². The first kappa shape index (κ1) is 11.5. The third kappa shape index (κ3) is 1.78. The van der Waals surface area contributed by atoms with Crippen molar-refractivity contribution in [3.63, 3.8) is 0 Å². The van der Waals surface area contributed by atoms with Crippen molar-refractivity contribution in [1.82, 2.24) is 0 Å². The van der Waals surface area contributed by atoms with Gasteiger partial charge in [-0.05, 0) is 20.3 Å². The molecule has 82 valence electrons. The Morgan fingerprint density at radius 1 is 1.36 bits per heavy atom. The number of methoxy groups -OCH3 is 1. The smallest absolute Gasteiger partial charge is 0.340 e. The molecule has 3 nitrogen and oxygen atoms in total. The Labute approximate surface area is 85.8 Å². The van der Waals surface area contributed by atoms with E-state index in [-0.39, 0.29) is 11.6 Å². The number of epoxide rings is 1. The Hall–Kier alpha value is -0.570. The number of hydrogen-bond donors (Lipinski definition) is 0. The van der Waals surface area contributed by atoms with Crippen LogP contribution in [0, 0.1) is 0 Å². The number of unbranched alkanes of at least 4 members (excludes halogenated alkanes) is 2. The minimum absolute atomic E-state index is 0.253. The third-order valence-corrected chi connectivity index (χ3v) is 3.23. The van der Waals surface area contributed by atoms with E-state index >= 15 is 0 Å². The molecule has 3 heteroatoms. The van der Waals surface area contributed by atoms with Gasteiger partial charge in [-0.1, -0.05) is 26.2 Å². The van der Waals surface area contributed by atoms with Gasteiger partial charge in [-0.3, -0.25) is 0 Å². The van der Waals surface area contributed by atoms with Crippen LogP contribution in [0.1, 0.15) is 46.5 Å². The Balaban J connectivity index is 2.44. The van der Waals surface area contributed by atoms with Crippen LogP contribution in [0.3, 0.4) is 0 Å². The van der Waals surface area contributed by atoms with Gasteiger partial charge in [-0.25, -0.2) is 4.79 Å². The first-order valence-corrected chi connectivity index (χ1v) is 5.29. The van der Waals surface area contributed by atoms with Crippen molar-refractivity contribution in [3.05, 3.63) is 0 Å². The second-order valence-electron chi connectivity index (χ2n) is 4.31. The normalized spacial score (nSPS) is 35.4. The largest absolute Gasteiger partial charge is 0.467 e. The number of rotatable bonds is 5. The summed E-state index contributed by atoms with van der Waals surface area (Å²) < 4.78 is 10.2. The SMILES string of the molecule is CCCCCC1(C)OC1(C)C(=O)OC. The summed E-state index contributed by atoms with van der Waals surface area (Å²) in [6, 6.07) is 0. The lowest BCUT2D eigenvalue weighted by Gasteiger charge is -2.09. The average molecular weight is 200 g/mol. The lowest BCUT2D eigenvalue weighted by Crippen LogP contribution is -2.30. The van der Waals surface area contributed by atoms with Crippen LogP contribution in [-0.4, -0.2) is 24.3 Å². The summed E-state index contributed by atoms with van der Waals surface area (Å²) in [4.78, 5) is 11.4. The first-order valence-electron chi connectivity index (χ1n) is 5.29. The molecule has 0 amide bonds. The summed E-state index contributed by atoms with van der Waals surface area (Å²) in [5, 5.41) is 0. The maximum Gasteiger partial charge on any atom is 0.340 e. The Kier molecular flexibility index (Phi) is 3.20. The van der Waals surface area contributed by atoms with Crippen molar-refractivity contribution in [1.29, 1.82) is 0 Å². The molecular weight excluding hydrogens is 180 g/mol. The highest BCUT2D eigenvalue weighted by atomic mass is 16.7.